The number of hydrogen-bond acceptors (Lipinski definition) is 5. The molecule has 1 unspecified atom stereocenters. The molecule has 0 spiro atoms. The molecule has 1 aromatic carbocycles. The summed E-state index contributed by atoms with van der Waals surface area (Å²) in [6.07, 6.45) is 13.2. The van der Waals surface area contributed by atoms with Crippen molar-refractivity contribution in [1.29, 1.82) is 0 Å². The fourth-order valence-electron chi connectivity index (χ4n) is 3.18. The van der Waals surface area contributed by atoms with E-state index in [0.717, 1.165) is 17.7 Å². The van der Waals surface area contributed by atoms with Crippen molar-refractivity contribution in [2.75, 3.05) is 5.75 Å². The Labute approximate surface area is 172 Å². The number of aromatic nitrogens is 4. The van der Waals surface area contributed by atoms with Gasteiger partial charge in [-0.3, -0.25) is 4.79 Å². The lowest BCUT2D eigenvalue weighted by molar-refractivity contribution is -0.120. The molecule has 0 saturated carbocycles. The van der Waals surface area contributed by atoms with Crippen molar-refractivity contribution >= 4 is 17.7 Å². The van der Waals surface area contributed by atoms with Crippen molar-refractivity contribution in [3.8, 4) is 0 Å². The number of benzene rings is 1. The van der Waals surface area contributed by atoms with Gasteiger partial charge in [0, 0.05) is 5.75 Å². The Kier molecular flexibility index (Phi) is 10.7. The zero-order valence-electron chi connectivity index (χ0n) is 16.9. The molecule has 0 saturated heterocycles. The quantitative estimate of drug-likeness (QED) is 0.342. The average Bonchev–Trinajstić information content (AvgIpc) is 3.15. The number of hydrogen-bond donors (Lipinski definition) is 1. The number of nitrogens with two attached hydrogens (primary N) is 1. The number of primary amides is 1. The molecule has 2 rings (SSSR count). The third-order valence-electron chi connectivity index (χ3n) is 4.75. The van der Waals surface area contributed by atoms with E-state index in [1.54, 1.807) is 11.8 Å². The second kappa shape index (κ2) is 13.3. The van der Waals surface area contributed by atoms with Gasteiger partial charge in [0.1, 0.15) is 0 Å². The number of rotatable bonds is 15. The van der Waals surface area contributed by atoms with Gasteiger partial charge < -0.3 is 5.73 Å². The van der Waals surface area contributed by atoms with Gasteiger partial charge in [-0.05, 0) is 17.2 Å². The standard InChI is InChI=1S/C21H33N5OS/c1-2-3-4-5-6-7-8-9-10-14-17-28-21-23-25-26(24-21)19(20(22)27)18-15-12-11-13-16-18/h11-13,15-16,19H,2-10,14,17H2,1H3,(H2,22,27). The van der Waals surface area contributed by atoms with E-state index in [2.05, 4.69) is 22.3 Å². The third kappa shape index (κ3) is 8.00. The molecule has 0 radical (unpaired) electrons. The molecule has 1 amide bonds. The first kappa shape index (κ1) is 22.4. The molecule has 0 aliphatic heterocycles. The molecular formula is C21H33N5OS. The van der Waals surface area contributed by atoms with Crippen molar-refractivity contribution in [3.63, 3.8) is 0 Å². The summed E-state index contributed by atoms with van der Waals surface area (Å²) in [6, 6.07) is 8.58. The van der Waals surface area contributed by atoms with Gasteiger partial charge in [0.2, 0.25) is 11.1 Å². The van der Waals surface area contributed by atoms with Gasteiger partial charge in [-0.1, -0.05) is 107 Å². The molecule has 0 bridgehead atoms. The molecule has 0 aliphatic rings. The Morgan fingerprint density at radius 2 is 1.61 bits per heavy atom. The minimum atomic E-state index is -0.722. The minimum Gasteiger partial charge on any atom is -0.367 e. The lowest BCUT2D eigenvalue weighted by Gasteiger charge is -2.11. The van der Waals surface area contributed by atoms with Crippen molar-refractivity contribution in [2.24, 2.45) is 5.73 Å². The number of nitrogens with zero attached hydrogens (tertiary/aromatic N) is 4. The molecule has 1 atom stereocenters. The predicted molar refractivity (Wildman–Crippen MR) is 114 cm³/mol. The fraction of sp³-hybridized carbons (Fsp3) is 0.619. The first-order chi connectivity index (χ1) is 13.7. The topological polar surface area (TPSA) is 86.7 Å². The van der Waals surface area contributed by atoms with Gasteiger partial charge in [0.15, 0.2) is 6.04 Å². The first-order valence-electron chi connectivity index (χ1n) is 10.5. The molecule has 0 aliphatic carbocycles. The maximum absolute atomic E-state index is 11.9. The average molecular weight is 404 g/mol. The highest BCUT2D eigenvalue weighted by Gasteiger charge is 2.22. The third-order valence-corrected chi connectivity index (χ3v) is 5.67. The smallest absolute Gasteiger partial charge is 0.248 e. The van der Waals surface area contributed by atoms with E-state index in [1.807, 2.05) is 30.3 Å². The number of unbranched alkanes of at least 4 members (excludes halogenated alkanes) is 9. The highest BCUT2D eigenvalue weighted by molar-refractivity contribution is 7.99. The Morgan fingerprint density at radius 3 is 2.21 bits per heavy atom. The van der Waals surface area contributed by atoms with Crippen LogP contribution in [-0.2, 0) is 4.79 Å². The molecule has 2 aromatic rings. The molecule has 0 fully saturated rings. The van der Waals surface area contributed by atoms with Gasteiger partial charge in [-0.2, -0.15) is 0 Å². The monoisotopic (exact) mass is 403 g/mol. The van der Waals surface area contributed by atoms with Crippen LogP contribution in [0.15, 0.2) is 35.5 Å². The summed E-state index contributed by atoms with van der Waals surface area (Å²) >= 11 is 1.59. The first-order valence-corrected chi connectivity index (χ1v) is 11.5. The van der Waals surface area contributed by atoms with Gasteiger partial charge >= 0.3 is 0 Å². The molecule has 28 heavy (non-hydrogen) atoms. The summed E-state index contributed by atoms with van der Waals surface area (Å²) in [4.78, 5) is 13.2. The van der Waals surface area contributed by atoms with Crippen LogP contribution in [0.5, 0.6) is 0 Å². The Bertz CT molecular complexity index is 676. The van der Waals surface area contributed by atoms with E-state index in [-0.39, 0.29) is 0 Å². The maximum Gasteiger partial charge on any atom is 0.248 e. The fourth-order valence-corrected chi connectivity index (χ4v) is 3.95. The highest BCUT2D eigenvalue weighted by atomic mass is 32.2. The van der Waals surface area contributed by atoms with Crippen LogP contribution in [0.1, 0.15) is 82.7 Å². The van der Waals surface area contributed by atoms with Crippen molar-refractivity contribution < 1.29 is 4.79 Å². The predicted octanol–water partition coefficient (Wildman–Crippen LogP) is 4.76. The van der Waals surface area contributed by atoms with Crippen LogP contribution in [0.3, 0.4) is 0 Å². The summed E-state index contributed by atoms with van der Waals surface area (Å²) in [5, 5.41) is 13.0. The number of tetrazole rings is 1. The van der Waals surface area contributed by atoms with Crippen molar-refractivity contribution in [3.05, 3.63) is 35.9 Å². The number of thioether (sulfide) groups is 1. The molecule has 6 nitrogen and oxygen atoms in total. The lowest BCUT2D eigenvalue weighted by atomic mass is 10.1. The number of carbonyl (C=O) groups is 1. The zero-order valence-corrected chi connectivity index (χ0v) is 17.7. The molecular weight excluding hydrogens is 370 g/mol. The van der Waals surface area contributed by atoms with E-state index >= 15 is 0 Å². The summed E-state index contributed by atoms with van der Waals surface area (Å²) in [5.74, 6) is 0.476. The van der Waals surface area contributed by atoms with E-state index in [0.29, 0.717) is 5.16 Å². The van der Waals surface area contributed by atoms with Crippen molar-refractivity contribution in [2.45, 2.75) is 82.3 Å². The Hall–Kier alpha value is -1.89. The van der Waals surface area contributed by atoms with Crippen LogP contribution >= 0.6 is 11.8 Å². The SMILES string of the molecule is CCCCCCCCCCCCSc1nnn(C(C(N)=O)c2ccccc2)n1. The lowest BCUT2D eigenvalue weighted by Crippen LogP contribution is -2.29. The molecule has 2 N–H and O–H groups in total. The van der Waals surface area contributed by atoms with E-state index < -0.39 is 11.9 Å². The second-order valence-corrected chi connectivity index (χ2v) is 8.20. The number of amides is 1. The van der Waals surface area contributed by atoms with E-state index in [1.165, 1.54) is 62.6 Å². The molecule has 1 aromatic heterocycles. The largest absolute Gasteiger partial charge is 0.367 e. The summed E-state index contributed by atoms with van der Waals surface area (Å²) in [7, 11) is 0. The van der Waals surface area contributed by atoms with E-state index in [4.69, 9.17) is 5.73 Å². The van der Waals surface area contributed by atoms with Crippen LogP contribution in [0.25, 0.3) is 0 Å². The van der Waals surface area contributed by atoms with Crippen LogP contribution in [-0.4, -0.2) is 31.9 Å². The maximum atomic E-state index is 11.9. The second-order valence-electron chi connectivity index (χ2n) is 7.14. The normalized spacial score (nSPS) is 12.2. The van der Waals surface area contributed by atoms with Gasteiger partial charge in [-0.25, -0.2) is 0 Å². The Morgan fingerprint density at radius 1 is 1.00 bits per heavy atom. The number of carbonyl (C=O) groups excluding carboxylic acids is 1. The highest BCUT2D eigenvalue weighted by Crippen LogP contribution is 2.19. The zero-order chi connectivity index (χ0) is 20.0. The van der Waals surface area contributed by atoms with Crippen molar-refractivity contribution in [1.82, 2.24) is 20.2 Å². The summed E-state index contributed by atoms with van der Waals surface area (Å²) in [6.45, 7) is 2.26. The van der Waals surface area contributed by atoms with Crippen LogP contribution < -0.4 is 5.73 Å². The Balaban J connectivity index is 1.64. The van der Waals surface area contributed by atoms with Crippen LogP contribution in [0.4, 0.5) is 0 Å². The molecule has 7 heteroatoms. The van der Waals surface area contributed by atoms with E-state index in [9.17, 15) is 4.79 Å². The molecule has 154 valence electrons. The summed E-state index contributed by atoms with van der Waals surface area (Å²) < 4.78 is 0. The summed E-state index contributed by atoms with van der Waals surface area (Å²) in [5.41, 5.74) is 6.31. The van der Waals surface area contributed by atoms with Crippen LogP contribution in [0, 0.1) is 0 Å². The molecule has 1 heterocycles. The van der Waals surface area contributed by atoms with Gasteiger partial charge in [0.25, 0.3) is 0 Å². The van der Waals surface area contributed by atoms with Gasteiger partial charge in [0.05, 0.1) is 0 Å². The van der Waals surface area contributed by atoms with Gasteiger partial charge in [-0.15, -0.1) is 15.0 Å². The minimum absolute atomic E-state index is 0.491. The van der Waals surface area contributed by atoms with Crippen LogP contribution in [0.2, 0.25) is 0 Å².